The van der Waals surface area contributed by atoms with Gasteiger partial charge in [0.25, 0.3) is 0 Å². The number of carbonyl (C=O) groups excluding carboxylic acids is 1. The molecule has 29 heavy (non-hydrogen) atoms. The molecule has 0 amide bonds. The average Bonchev–Trinajstić information content (AvgIpc) is 3.17. The fourth-order valence-electron chi connectivity index (χ4n) is 3.96. The average molecular weight is 408 g/mol. The highest BCUT2D eigenvalue weighted by molar-refractivity contribution is 8.14. The van der Waals surface area contributed by atoms with Crippen LogP contribution in [0.2, 0.25) is 0 Å². The maximum atomic E-state index is 13.1. The third-order valence-electron chi connectivity index (χ3n) is 5.37. The fourth-order valence-corrected chi connectivity index (χ4v) is 4.77. The summed E-state index contributed by atoms with van der Waals surface area (Å²) in [4.78, 5) is 12.5. The minimum Gasteiger partial charge on any atom is -0.465 e. The van der Waals surface area contributed by atoms with Gasteiger partial charge < -0.3 is 9.73 Å². The lowest BCUT2D eigenvalue weighted by Gasteiger charge is -2.33. The van der Waals surface area contributed by atoms with Crippen LogP contribution in [0.3, 0.4) is 0 Å². The lowest BCUT2D eigenvalue weighted by Crippen LogP contribution is -2.29. The van der Waals surface area contributed by atoms with Crippen molar-refractivity contribution >= 4 is 16.9 Å². The van der Waals surface area contributed by atoms with Crippen LogP contribution < -0.4 is 5.32 Å². The molecule has 1 atom stereocenters. The first kappa shape index (κ1) is 19.5. The number of nitriles is 1. The number of aryl methyl sites for hydroxylation is 1. The van der Waals surface area contributed by atoms with Gasteiger partial charge in [-0.1, -0.05) is 11.8 Å². The molecule has 2 heterocycles. The van der Waals surface area contributed by atoms with E-state index in [4.69, 9.17) is 4.42 Å². The molecule has 6 heteroatoms. The highest BCUT2D eigenvalue weighted by Crippen LogP contribution is 2.44. The second-order valence-electron chi connectivity index (χ2n) is 7.30. The summed E-state index contributed by atoms with van der Waals surface area (Å²) in [5, 5.41) is 13.2. The monoisotopic (exact) mass is 408 g/mol. The second kappa shape index (κ2) is 8.30. The number of rotatable bonds is 4. The first-order valence-electron chi connectivity index (χ1n) is 9.68. The standard InChI is InChI=1S/C23H21FN2O2S/c1-14-6-11-21(28-14)22-17-4-2-3-5-19(17)26-20(18(22)12-25)13-29-23(27)15-7-9-16(24)10-8-15/h6-11,22,26H,2-5,13H2,1H3. The summed E-state index contributed by atoms with van der Waals surface area (Å²) in [6, 6.07) is 11.7. The van der Waals surface area contributed by atoms with E-state index in [0.29, 0.717) is 16.9 Å². The Morgan fingerprint density at radius 1 is 1.24 bits per heavy atom. The van der Waals surface area contributed by atoms with Gasteiger partial charge in [-0.05, 0) is 74.6 Å². The van der Waals surface area contributed by atoms with Crippen LogP contribution in [0, 0.1) is 24.1 Å². The Morgan fingerprint density at radius 3 is 2.69 bits per heavy atom. The largest absolute Gasteiger partial charge is 0.465 e. The van der Waals surface area contributed by atoms with Crippen molar-refractivity contribution in [3.8, 4) is 6.07 Å². The Bertz CT molecular complexity index is 1040. The maximum Gasteiger partial charge on any atom is 0.219 e. The smallest absolute Gasteiger partial charge is 0.219 e. The van der Waals surface area contributed by atoms with Crippen molar-refractivity contribution in [2.75, 3.05) is 5.75 Å². The van der Waals surface area contributed by atoms with Gasteiger partial charge in [0.05, 0.1) is 17.6 Å². The molecule has 1 N–H and O–H groups in total. The molecule has 0 radical (unpaired) electrons. The van der Waals surface area contributed by atoms with Crippen LogP contribution in [0.1, 0.15) is 53.5 Å². The minimum absolute atomic E-state index is 0.148. The van der Waals surface area contributed by atoms with Crippen LogP contribution in [0.15, 0.2) is 63.4 Å². The van der Waals surface area contributed by atoms with Gasteiger partial charge in [-0.3, -0.25) is 4.79 Å². The highest BCUT2D eigenvalue weighted by Gasteiger charge is 2.34. The van der Waals surface area contributed by atoms with E-state index < -0.39 is 0 Å². The molecule has 0 fully saturated rings. The van der Waals surface area contributed by atoms with Crippen LogP contribution in [0.25, 0.3) is 0 Å². The van der Waals surface area contributed by atoms with Crippen LogP contribution in [-0.2, 0) is 0 Å². The van der Waals surface area contributed by atoms with Gasteiger partial charge in [0.1, 0.15) is 17.3 Å². The zero-order valence-corrected chi connectivity index (χ0v) is 16.9. The summed E-state index contributed by atoms with van der Waals surface area (Å²) < 4.78 is 19.0. The summed E-state index contributed by atoms with van der Waals surface area (Å²) in [6.07, 6.45) is 4.08. The molecule has 2 aliphatic rings. The van der Waals surface area contributed by atoms with Crippen molar-refractivity contribution in [1.82, 2.24) is 5.32 Å². The summed E-state index contributed by atoms with van der Waals surface area (Å²) in [5.74, 6) is 1.38. The summed E-state index contributed by atoms with van der Waals surface area (Å²) in [6.45, 7) is 1.90. The number of nitrogens with one attached hydrogen (secondary N) is 1. The molecule has 1 aliphatic carbocycles. The van der Waals surface area contributed by atoms with Crippen molar-refractivity contribution in [1.29, 1.82) is 5.26 Å². The molecule has 0 saturated carbocycles. The maximum absolute atomic E-state index is 13.1. The van der Waals surface area contributed by atoms with Crippen molar-refractivity contribution in [3.05, 3.63) is 81.8 Å². The van der Waals surface area contributed by atoms with Crippen LogP contribution >= 0.6 is 11.8 Å². The Hall–Kier alpha value is -2.78. The van der Waals surface area contributed by atoms with Gasteiger partial charge >= 0.3 is 0 Å². The number of carbonyl (C=O) groups is 1. The van der Waals surface area contributed by atoms with Crippen molar-refractivity contribution in [2.24, 2.45) is 0 Å². The van der Waals surface area contributed by atoms with Gasteiger partial charge in [-0.2, -0.15) is 5.26 Å². The van der Waals surface area contributed by atoms with E-state index >= 15 is 0 Å². The molecule has 1 aromatic carbocycles. The summed E-state index contributed by atoms with van der Waals surface area (Å²) in [5.41, 5.74) is 4.19. The first-order valence-corrected chi connectivity index (χ1v) is 10.7. The topological polar surface area (TPSA) is 66.0 Å². The number of hydrogen-bond acceptors (Lipinski definition) is 5. The number of nitrogens with zero attached hydrogens (tertiary/aromatic N) is 1. The predicted molar refractivity (Wildman–Crippen MR) is 111 cm³/mol. The molecule has 1 unspecified atom stereocenters. The van der Waals surface area contributed by atoms with Gasteiger partial charge in [0, 0.05) is 22.7 Å². The Morgan fingerprint density at radius 2 is 2.00 bits per heavy atom. The molecular weight excluding hydrogens is 387 g/mol. The van der Waals surface area contributed by atoms with E-state index in [1.807, 2.05) is 19.1 Å². The number of benzene rings is 1. The number of hydrogen-bond donors (Lipinski definition) is 1. The number of thioether (sulfide) groups is 1. The van der Waals surface area contributed by atoms with E-state index in [1.54, 1.807) is 0 Å². The SMILES string of the molecule is Cc1ccc(C2C(C#N)=C(CSC(=O)c3ccc(F)cc3)NC3=C2CCCC3)o1. The Labute approximate surface area is 173 Å². The lowest BCUT2D eigenvalue weighted by atomic mass is 9.78. The number of halogens is 1. The van der Waals surface area contributed by atoms with Crippen LogP contribution in [-0.4, -0.2) is 10.9 Å². The second-order valence-corrected chi connectivity index (χ2v) is 8.25. The van der Waals surface area contributed by atoms with Crippen LogP contribution in [0.4, 0.5) is 4.39 Å². The number of furan rings is 1. The van der Waals surface area contributed by atoms with Crippen molar-refractivity contribution in [3.63, 3.8) is 0 Å². The minimum atomic E-state index is -0.372. The molecule has 4 rings (SSSR count). The third-order valence-corrected chi connectivity index (χ3v) is 6.30. The molecule has 148 valence electrons. The molecule has 0 spiro atoms. The van der Waals surface area contributed by atoms with E-state index in [9.17, 15) is 14.4 Å². The number of dihydropyridines is 1. The summed E-state index contributed by atoms with van der Waals surface area (Å²) >= 11 is 1.12. The van der Waals surface area contributed by atoms with Gasteiger partial charge in [0.15, 0.2) is 0 Å². The zero-order chi connectivity index (χ0) is 20.4. The molecule has 1 aliphatic heterocycles. The molecule has 2 aromatic rings. The molecule has 0 saturated heterocycles. The highest BCUT2D eigenvalue weighted by atomic mass is 32.2. The molecule has 1 aromatic heterocycles. The van der Waals surface area contributed by atoms with Crippen molar-refractivity contribution in [2.45, 2.75) is 38.5 Å². The van der Waals surface area contributed by atoms with Crippen molar-refractivity contribution < 1.29 is 13.6 Å². The predicted octanol–water partition coefficient (Wildman–Crippen LogP) is 5.59. The quantitative estimate of drug-likeness (QED) is 0.714. The normalized spacial score (nSPS) is 18.9. The number of allylic oxidation sites excluding steroid dienone is 3. The van der Waals surface area contributed by atoms with Gasteiger partial charge in [0.2, 0.25) is 5.12 Å². The molecule has 4 nitrogen and oxygen atoms in total. The lowest BCUT2D eigenvalue weighted by molar-refractivity contribution is 0.108. The zero-order valence-electron chi connectivity index (χ0n) is 16.1. The van der Waals surface area contributed by atoms with E-state index in [2.05, 4.69) is 11.4 Å². The molecular formula is C23H21FN2O2S. The van der Waals surface area contributed by atoms with E-state index in [0.717, 1.165) is 60.4 Å². The Kier molecular flexibility index (Phi) is 5.59. The third kappa shape index (κ3) is 4.01. The van der Waals surface area contributed by atoms with E-state index in [1.165, 1.54) is 29.8 Å². The fraction of sp³-hybridized carbons (Fsp3) is 0.304. The van der Waals surface area contributed by atoms with Gasteiger partial charge in [-0.25, -0.2) is 4.39 Å². The van der Waals surface area contributed by atoms with Crippen LogP contribution in [0.5, 0.6) is 0 Å². The summed E-state index contributed by atoms with van der Waals surface area (Å²) in [7, 11) is 0. The van der Waals surface area contributed by atoms with Gasteiger partial charge in [-0.15, -0.1) is 0 Å². The molecule has 0 bridgehead atoms. The first-order chi connectivity index (χ1) is 14.1. The van der Waals surface area contributed by atoms with E-state index in [-0.39, 0.29) is 16.9 Å². The Balaban J connectivity index is 1.62.